The van der Waals surface area contributed by atoms with Crippen LogP contribution in [0.15, 0.2) is 17.1 Å². The lowest BCUT2D eigenvalue weighted by Gasteiger charge is -2.22. The highest BCUT2D eigenvalue weighted by Crippen LogP contribution is 2.40. The minimum Gasteiger partial charge on any atom is -0.449 e. The summed E-state index contributed by atoms with van der Waals surface area (Å²) >= 11 is 0. The standard InChI is InChI=1S/C18H20FN3O4.ClH/c1-9-15-12(6-13(16(9)19)21-5-4-10(20)7-21)22(11-2-3-11)8-14(17(15)23)26-18(24)25;/h6,8,10-11H,2-5,7,20H2,1H3,(H,24,25);1H/t10-;/m1./s1. The Bertz CT molecular complexity index is 973. The molecule has 146 valence electrons. The number of ether oxygens (including phenoxy) is 1. The lowest BCUT2D eigenvalue weighted by Crippen LogP contribution is -2.27. The Morgan fingerprint density at radius 2 is 2.07 bits per heavy atom. The molecule has 2 heterocycles. The van der Waals surface area contributed by atoms with Gasteiger partial charge in [-0.25, -0.2) is 9.18 Å². The van der Waals surface area contributed by atoms with E-state index in [2.05, 4.69) is 4.74 Å². The van der Waals surface area contributed by atoms with E-state index in [4.69, 9.17) is 10.8 Å². The topological polar surface area (TPSA) is 97.8 Å². The molecule has 1 atom stereocenters. The van der Waals surface area contributed by atoms with Crippen molar-refractivity contribution in [1.29, 1.82) is 0 Å². The highest BCUT2D eigenvalue weighted by Gasteiger charge is 2.30. The van der Waals surface area contributed by atoms with Crippen LogP contribution in [0.4, 0.5) is 14.9 Å². The highest BCUT2D eigenvalue weighted by molar-refractivity contribution is 5.88. The van der Waals surface area contributed by atoms with Gasteiger partial charge in [-0.3, -0.25) is 4.79 Å². The molecule has 1 saturated carbocycles. The van der Waals surface area contributed by atoms with Crippen molar-refractivity contribution in [2.24, 2.45) is 5.73 Å². The number of pyridine rings is 1. The van der Waals surface area contributed by atoms with Crippen LogP contribution >= 0.6 is 12.4 Å². The molecule has 9 heteroatoms. The van der Waals surface area contributed by atoms with Crippen molar-refractivity contribution in [2.45, 2.75) is 38.3 Å². The summed E-state index contributed by atoms with van der Waals surface area (Å²) in [6.07, 6.45) is 2.49. The summed E-state index contributed by atoms with van der Waals surface area (Å²) in [7, 11) is 0. The second-order valence-corrected chi connectivity index (χ2v) is 7.05. The molecule has 0 radical (unpaired) electrons. The molecule has 1 aromatic heterocycles. The lowest BCUT2D eigenvalue weighted by molar-refractivity contribution is 0.143. The Balaban J connectivity index is 0.00000210. The fourth-order valence-corrected chi connectivity index (χ4v) is 3.68. The normalized spacial score (nSPS) is 19.2. The van der Waals surface area contributed by atoms with Crippen molar-refractivity contribution in [1.82, 2.24) is 4.57 Å². The predicted octanol–water partition coefficient (Wildman–Crippen LogP) is 2.80. The molecule has 0 amide bonds. The van der Waals surface area contributed by atoms with Crippen LogP contribution in [0.3, 0.4) is 0 Å². The summed E-state index contributed by atoms with van der Waals surface area (Å²) in [5.41, 5.74) is 6.58. The van der Waals surface area contributed by atoms with Crippen molar-refractivity contribution in [3.05, 3.63) is 33.9 Å². The molecule has 2 aromatic rings. The second-order valence-electron chi connectivity index (χ2n) is 7.05. The summed E-state index contributed by atoms with van der Waals surface area (Å²) in [6, 6.07) is 1.84. The van der Waals surface area contributed by atoms with E-state index in [0.29, 0.717) is 24.3 Å². The van der Waals surface area contributed by atoms with Gasteiger partial charge in [-0.2, -0.15) is 0 Å². The number of nitrogens with two attached hydrogens (primary N) is 1. The van der Waals surface area contributed by atoms with Gasteiger partial charge in [0.15, 0.2) is 5.75 Å². The molecule has 2 fully saturated rings. The minimum absolute atomic E-state index is 0. The zero-order chi connectivity index (χ0) is 18.6. The molecule has 1 saturated heterocycles. The van der Waals surface area contributed by atoms with Gasteiger partial charge in [-0.1, -0.05) is 0 Å². The fraction of sp³-hybridized carbons (Fsp3) is 0.444. The molecule has 0 bridgehead atoms. The number of carbonyl (C=O) groups is 1. The van der Waals surface area contributed by atoms with Crippen LogP contribution in [0, 0.1) is 12.7 Å². The van der Waals surface area contributed by atoms with E-state index in [1.54, 1.807) is 13.0 Å². The monoisotopic (exact) mass is 397 g/mol. The number of aromatic nitrogens is 1. The predicted molar refractivity (Wildman–Crippen MR) is 102 cm³/mol. The summed E-state index contributed by atoms with van der Waals surface area (Å²) in [5.74, 6) is -0.770. The molecule has 7 nitrogen and oxygen atoms in total. The van der Waals surface area contributed by atoms with Gasteiger partial charge in [0.05, 0.1) is 22.8 Å². The van der Waals surface area contributed by atoms with Gasteiger partial charge in [0.25, 0.3) is 0 Å². The maximum absolute atomic E-state index is 15.0. The van der Waals surface area contributed by atoms with Gasteiger partial charge >= 0.3 is 6.16 Å². The van der Waals surface area contributed by atoms with Crippen LogP contribution in [-0.2, 0) is 0 Å². The van der Waals surface area contributed by atoms with Crippen molar-refractivity contribution < 1.29 is 19.0 Å². The Morgan fingerprint density at radius 3 is 2.63 bits per heavy atom. The number of hydrogen-bond donors (Lipinski definition) is 2. The third kappa shape index (κ3) is 3.35. The van der Waals surface area contributed by atoms with Crippen LogP contribution in [0.5, 0.6) is 5.75 Å². The average Bonchev–Trinajstić information content (AvgIpc) is 3.33. The van der Waals surface area contributed by atoms with Gasteiger partial charge < -0.3 is 25.0 Å². The van der Waals surface area contributed by atoms with Gasteiger partial charge in [0.2, 0.25) is 5.43 Å². The fourth-order valence-electron chi connectivity index (χ4n) is 3.68. The number of halogens is 2. The van der Waals surface area contributed by atoms with Crippen molar-refractivity contribution in [2.75, 3.05) is 18.0 Å². The summed E-state index contributed by atoms with van der Waals surface area (Å²) in [6.45, 7) is 2.77. The van der Waals surface area contributed by atoms with E-state index in [1.165, 1.54) is 6.20 Å². The smallest absolute Gasteiger partial charge is 0.449 e. The number of carboxylic acid groups (broad SMARTS) is 1. The van der Waals surface area contributed by atoms with Gasteiger partial charge in [-0.05, 0) is 32.3 Å². The Labute approximate surface area is 160 Å². The molecule has 4 rings (SSSR count). The Kier molecular flexibility index (Phi) is 5.05. The number of anilines is 1. The van der Waals surface area contributed by atoms with Crippen LogP contribution in [-0.4, -0.2) is 35.0 Å². The minimum atomic E-state index is -1.57. The summed E-state index contributed by atoms with van der Waals surface area (Å²) in [5, 5.41) is 9.05. The van der Waals surface area contributed by atoms with Crippen LogP contribution in [0.2, 0.25) is 0 Å². The quantitative estimate of drug-likeness (QED) is 0.773. The van der Waals surface area contributed by atoms with Crippen molar-refractivity contribution >= 4 is 35.2 Å². The van der Waals surface area contributed by atoms with Crippen LogP contribution in [0.25, 0.3) is 10.9 Å². The summed E-state index contributed by atoms with van der Waals surface area (Å²) < 4.78 is 21.5. The van der Waals surface area contributed by atoms with E-state index in [1.807, 2.05) is 9.47 Å². The molecule has 1 aromatic carbocycles. The number of aryl methyl sites for hydroxylation is 1. The first-order valence-electron chi connectivity index (χ1n) is 8.66. The molecule has 0 unspecified atom stereocenters. The number of rotatable bonds is 3. The van der Waals surface area contributed by atoms with E-state index in [-0.39, 0.29) is 41.2 Å². The number of hydrogen-bond acceptors (Lipinski definition) is 5. The molecule has 3 N–H and O–H groups in total. The molecule has 1 aliphatic carbocycles. The SMILES string of the molecule is Cc1c(F)c(N2CC[C@@H](N)C2)cc2c1c(=O)c(OC(=O)O)cn2C1CC1.Cl. The maximum atomic E-state index is 15.0. The number of nitrogens with zero attached hydrogens (tertiary/aromatic N) is 2. The second kappa shape index (κ2) is 7.01. The first-order chi connectivity index (χ1) is 12.4. The van der Waals surface area contributed by atoms with E-state index >= 15 is 4.39 Å². The third-order valence-electron chi connectivity index (χ3n) is 5.15. The van der Waals surface area contributed by atoms with Gasteiger partial charge in [0, 0.05) is 30.7 Å². The van der Waals surface area contributed by atoms with E-state index < -0.39 is 17.4 Å². The molecule has 1 aliphatic heterocycles. The first kappa shape index (κ1) is 19.4. The molecule has 27 heavy (non-hydrogen) atoms. The van der Waals surface area contributed by atoms with E-state index in [9.17, 15) is 9.59 Å². The Hall–Kier alpha value is -2.32. The van der Waals surface area contributed by atoms with Crippen LogP contribution < -0.4 is 20.8 Å². The van der Waals surface area contributed by atoms with E-state index in [0.717, 1.165) is 19.3 Å². The lowest BCUT2D eigenvalue weighted by atomic mass is 10.1. The molecule has 2 aliphatic rings. The Morgan fingerprint density at radius 1 is 1.37 bits per heavy atom. The zero-order valence-electron chi connectivity index (χ0n) is 14.8. The maximum Gasteiger partial charge on any atom is 0.511 e. The zero-order valence-corrected chi connectivity index (χ0v) is 15.6. The largest absolute Gasteiger partial charge is 0.511 e. The van der Waals surface area contributed by atoms with Crippen LogP contribution in [0.1, 0.15) is 30.9 Å². The first-order valence-corrected chi connectivity index (χ1v) is 8.66. The number of fused-ring (bicyclic) bond motifs is 1. The molecule has 0 spiro atoms. The van der Waals surface area contributed by atoms with Gasteiger partial charge in [-0.15, -0.1) is 12.4 Å². The molecular formula is C18H21ClFN3O4. The average molecular weight is 398 g/mol. The van der Waals surface area contributed by atoms with Crippen molar-refractivity contribution in [3.8, 4) is 5.75 Å². The van der Waals surface area contributed by atoms with Crippen molar-refractivity contribution in [3.63, 3.8) is 0 Å². The summed E-state index contributed by atoms with van der Waals surface area (Å²) in [4.78, 5) is 25.5. The highest BCUT2D eigenvalue weighted by atomic mass is 35.5. The van der Waals surface area contributed by atoms with Gasteiger partial charge in [0.1, 0.15) is 5.82 Å². The third-order valence-corrected chi connectivity index (χ3v) is 5.15. The number of benzene rings is 1. The molecular weight excluding hydrogens is 377 g/mol.